The second-order valence-corrected chi connectivity index (χ2v) is 12.0. The summed E-state index contributed by atoms with van der Waals surface area (Å²) >= 11 is 0. The number of benzene rings is 2. The number of hydrogen-bond acceptors (Lipinski definition) is 2. The largest absolute Gasteiger partial charge is 0.335 e. The van der Waals surface area contributed by atoms with E-state index in [4.69, 9.17) is 0 Å². The summed E-state index contributed by atoms with van der Waals surface area (Å²) in [7, 11) is -8.63. The minimum Gasteiger partial charge on any atom is -0.324 e. The minimum absolute atomic E-state index is 0.348. The summed E-state index contributed by atoms with van der Waals surface area (Å²) < 4.78 is 24.3. The maximum absolute atomic E-state index is 12.1. The van der Waals surface area contributed by atoms with Gasteiger partial charge < -0.3 is 19.6 Å². The molecule has 2 rings (SSSR count). The van der Waals surface area contributed by atoms with Crippen LogP contribution in [0.25, 0.3) is 12.2 Å². The van der Waals surface area contributed by atoms with Crippen molar-refractivity contribution in [3.05, 3.63) is 70.8 Å². The summed E-state index contributed by atoms with van der Waals surface area (Å²) in [5.41, 5.74) is 3.03. The Morgan fingerprint density at radius 3 is 1.03 bits per heavy atom. The van der Waals surface area contributed by atoms with Crippen LogP contribution in [0.2, 0.25) is 0 Å². The Balaban J connectivity index is 2.28. The molecule has 8 heteroatoms. The zero-order valence-corrected chi connectivity index (χ0v) is 20.9. The highest BCUT2D eigenvalue weighted by Gasteiger charge is 2.46. The standard InChI is InChI=1S/C24H34O6P2/c1-5-23(6-2,31(25,26)27)21-15-11-19(12-16-21)9-10-20-13-17-22(18-14-20)24(7-3,8-4)32(28,29)30/h9-18H,5-8H2,1-4H3,(H2,25,26,27)(H2,28,29,30). The second-order valence-electron chi connectivity index (χ2n) is 8.14. The third-order valence-corrected chi connectivity index (χ3v) is 10.8. The fourth-order valence-corrected chi connectivity index (χ4v) is 7.10. The summed E-state index contributed by atoms with van der Waals surface area (Å²) in [5, 5.41) is -2.34. The lowest BCUT2D eigenvalue weighted by atomic mass is 9.91. The van der Waals surface area contributed by atoms with Gasteiger partial charge in [-0.3, -0.25) is 9.13 Å². The van der Waals surface area contributed by atoms with Crippen LogP contribution in [0.1, 0.15) is 75.6 Å². The highest BCUT2D eigenvalue weighted by molar-refractivity contribution is 7.53. The van der Waals surface area contributed by atoms with E-state index in [1.54, 1.807) is 52.0 Å². The first kappa shape index (κ1) is 26.7. The zero-order chi connectivity index (χ0) is 24.2. The van der Waals surface area contributed by atoms with Crippen molar-refractivity contribution < 1.29 is 28.7 Å². The Kier molecular flexibility index (Phi) is 8.50. The van der Waals surface area contributed by atoms with E-state index >= 15 is 0 Å². The van der Waals surface area contributed by atoms with Crippen LogP contribution in [0.3, 0.4) is 0 Å². The molecule has 176 valence electrons. The van der Waals surface area contributed by atoms with Gasteiger partial charge >= 0.3 is 15.2 Å². The Morgan fingerprint density at radius 1 is 0.594 bits per heavy atom. The molecule has 0 radical (unpaired) electrons. The quantitative estimate of drug-likeness (QED) is 0.236. The van der Waals surface area contributed by atoms with Crippen LogP contribution in [0.5, 0.6) is 0 Å². The average molecular weight is 480 g/mol. The minimum atomic E-state index is -4.32. The topological polar surface area (TPSA) is 115 Å². The van der Waals surface area contributed by atoms with E-state index in [0.717, 1.165) is 11.1 Å². The molecule has 2 aromatic rings. The fraction of sp³-hybridized carbons (Fsp3) is 0.417. The van der Waals surface area contributed by atoms with Gasteiger partial charge in [-0.25, -0.2) is 0 Å². The zero-order valence-electron chi connectivity index (χ0n) is 19.1. The van der Waals surface area contributed by atoms with Crippen LogP contribution in [0, 0.1) is 0 Å². The van der Waals surface area contributed by atoms with Crippen LogP contribution in [-0.2, 0) is 19.4 Å². The summed E-state index contributed by atoms with van der Waals surface area (Å²) in [4.78, 5) is 39.7. The lowest BCUT2D eigenvalue weighted by Crippen LogP contribution is -2.24. The van der Waals surface area contributed by atoms with Gasteiger partial charge in [0.15, 0.2) is 0 Å². The molecule has 6 nitrogen and oxygen atoms in total. The van der Waals surface area contributed by atoms with Crippen LogP contribution in [-0.4, -0.2) is 19.6 Å². The van der Waals surface area contributed by atoms with E-state index in [-0.39, 0.29) is 0 Å². The van der Waals surface area contributed by atoms with Crippen molar-refractivity contribution in [2.75, 3.05) is 0 Å². The summed E-state index contributed by atoms with van der Waals surface area (Å²) in [5.74, 6) is 0. The van der Waals surface area contributed by atoms with Gasteiger partial charge in [0.1, 0.15) is 0 Å². The van der Waals surface area contributed by atoms with E-state index < -0.39 is 25.5 Å². The van der Waals surface area contributed by atoms with E-state index in [1.807, 2.05) is 36.4 Å². The van der Waals surface area contributed by atoms with Gasteiger partial charge in [-0.15, -0.1) is 0 Å². The van der Waals surface area contributed by atoms with Gasteiger partial charge in [0.2, 0.25) is 0 Å². The Labute approximate surface area is 190 Å². The van der Waals surface area contributed by atoms with Crippen molar-refractivity contribution in [2.45, 2.75) is 63.7 Å². The van der Waals surface area contributed by atoms with Crippen molar-refractivity contribution in [2.24, 2.45) is 0 Å². The van der Waals surface area contributed by atoms with Crippen molar-refractivity contribution in [1.82, 2.24) is 0 Å². The normalized spacial score (nSPS) is 13.6. The first-order valence-electron chi connectivity index (χ1n) is 10.9. The molecule has 32 heavy (non-hydrogen) atoms. The van der Waals surface area contributed by atoms with Gasteiger partial charge in [0.05, 0.1) is 10.3 Å². The molecule has 0 aliphatic carbocycles. The third-order valence-electron chi connectivity index (χ3n) is 6.82. The average Bonchev–Trinajstić information content (AvgIpc) is 2.74. The van der Waals surface area contributed by atoms with Gasteiger partial charge in [0.25, 0.3) is 0 Å². The Bertz CT molecular complexity index is 924. The molecule has 0 aliphatic rings. The molecular formula is C24H34O6P2. The second kappa shape index (κ2) is 10.2. The lowest BCUT2D eigenvalue weighted by molar-refractivity contribution is 0.314. The molecule has 0 amide bonds. The smallest absolute Gasteiger partial charge is 0.324 e. The van der Waals surface area contributed by atoms with Gasteiger partial charge in [-0.1, -0.05) is 88.4 Å². The van der Waals surface area contributed by atoms with Gasteiger partial charge in [-0.05, 0) is 47.9 Å². The van der Waals surface area contributed by atoms with E-state index in [9.17, 15) is 28.7 Å². The summed E-state index contributed by atoms with van der Waals surface area (Å²) in [6.45, 7) is 7.16. The van der Waals surface area contributed by atoms with Crippen molar-refractivity contribution in [1.29, 1.82) is 0 Å². The summed E-state index contributed by atoms with van der Waals surface area (Å²) in [6.07, 6.45) is 5.18. The molecule has 0 saturated heterocycles. The van der Waals surface area contributed by atoms with E-state index in [1.165, 1.54) is 0 Å². The van der Waals surface area contributed by atoms with E-state index in [0.29, 0.717) is 36.8 Å². The van der Waals surface area contributed by atoms with Crippen LogP contribution in [0.15, 0.2) is 48.5 Å². The molecule has 0 heterocycles. The van der Waals surface area contributed by atoms with Crippen molar-refractivity contribution >= 4 is 27.3 Å². The Morgan fingerprint density at radius 2 is 0.844 bits per heavy atom. The molecule has 0 atom stereocenters. The molecular weight excluding hydrogens is 446 g/mol. The third kappa shape index (κ3) is 5.02. The molecule has 2 aromatic carbocycles. The fourth-order valence-electron chi connectivity index (χ4n) is 4.48. The number of hydrogen-bond donors (Lipinski definition) is 4. The molecule has 0 saturated carbocycles. The monoisotopic (exact) mass is 480 g/mol. The van der Waals surface area contributed by atoms with Gasteiger partial charge in [-0.2, -0.15) is 0 Å². The molecule has 0 aliphatic heterocycles. The lowest BCUT2D eigenvalue weighted by Gasteiger charge is -2.33. The molecule has 0 aromatic heterocycles. The molecule has 0 bridgehead atoms. The predicted molar refractivity (Wildman–Crippen MR) is 130 cm³/mol. The maximum Gasteiger partial charge on any atom is 0.335 e. The Hall–Kier alpha value is -1.52. The SMILES string of the molecule is CCC(CC)(c1ccc(C=Cc2ccc(C(CC)(CC)P(=O)(O)O)cc2)cc1)P(=O)(O)O. The first-order valence-corrected chi connectivity index (χ1v) is 14.1. The van der Waals surface area contributed by atoms with Crippen molar-refractivity contribution in [3.8, 4) is 0 Å². The van der Waals surface area contributed by atoms with Crippen molar-refractivity contribution in [3.63, 3.8) is 0 Å². The van der Waals surface area contributed by atoms with Crippen LogP contribution in [0.4, 0.5) is 0 Å². The summed E-state index contributed by atoms with van der Waals surface area (Å²) in [6, 6.07) is 14.4. The highest BCUT2D eigenvalue weighted by atomic mass is 31.2. The number of rotatable bonds is 10. The van der Waals surface area contributed by atoms with Crippen LogP contribution < -0.4 is 0 Å². The molecule has 0 fully saturated rings. The molecule has 0 spiro atoms. The van der Waals surface area contributed by atoms with E-state index in [2.05, 4.69) is 0 Å². The molecule has 0 unspecified atom stereocenters. The highest BCUT2D eigenvalue weighted by Crippen LogP contribution is 2.61. The van der Waals surface area contributed by atoms with Gasteiger partial charge in [0, 0.05) is 0 Å². The first-order chi connectivity index (χ1) is 14.9. The van der Waals surface area contributed by atoms with Crippen LogP contribution >= 0.6 is 15.2 Å². The predicted octanol–water partition coefficient (Wildman–Crippen LogP) is 6.24. The maximum atomic E-state index is 12.1. The molecule has 4 N–H and O–H groups in total.